The molecular weight excluding hydrogens is 289 g/mol. The summed E-state index contributed by atoms with van der Waals surface area (Å²) in [5.41, 5.74) is 0.152. The van der Waals surface area contributed by atoms with Gasteiger partial charge >= 0.3 is 0 Å². The highest BCUT2D eigenvalue weighted by molar-refractivity contribution is 9.10. The molecule has 3 nitrogen and oxygen atoms in total. The van der Waals surface area contributed by atoms with Crippen molar-refractivity contribution in [2.45, 2.75) is 6.42 Å². The van der Waals surface area contributed by atoms with Crippen LogP contribution in [0.1, 0.15) is 6.42 Å². The summed E-state index contributed by atoms with van der Waals surface area (Å²) in [6, 6.07) is 2.63. The van der Waals surface area contributed by atoms with Gasteiger partial charge in [0.05, 0.1) is 5.69 Å². The molecular formula is C12H9BrFNO2. The first-order valence-electron chi connectivity index (χ1n) is 4.97. The van der Waals surface area contributed by atoms with Crippen molar-refractivity contribution < 1.29 is 14.3 Å². The van der Waals surface area contributed by atoms with Gasteiger partial charge in [-0.1, -0.05) is 15.9 Å². The highest BCUT2D eigenvalue weighted by atomic mass is 79.9. The number of nitrogens with zero attached hydrogens (tertiary/aromatic N) is 1. The van der Waals surface area contributed by atoms with Crippen LogP contribution in [0.4, 0.5) is 10.1 Å². The zero-order chi connectivity index (χ0) is 12.6. The van der Waals surface area contributed by atoms with E-state index in [-0.39, 0.29) is 23.9 Å². The van der Waals surface area contributed by atoms with Gasteiger partial charge in [-0.3, -0.25) is 4.79 Å². The molecule has 1 heterocycles. The van der Waals surface area contributed by atoms with Crippen LogP contribution in [-0.2, 0) is 4.79 Å². The first-order chi connectivity index (χ1) is 8.02. The minimum atomic E-state index is -0.772. The van der Waals surface area contributed by atoms with E-state index in [4.69, 9.17) is 6.42 Å². The van der Waals surface area contributed by atoms with Gasteiger partial charge < -0.3 is 10.0 Å². The van der Waals surface area contributed by atoms with Gasteiger partial charge in [-0.05, 0) is 12.1 Å². The molecule has 1 aliphatic heterocycles. The second-order valence-corrected chi connectivity index (χ2v) is 4.74. The number of benzene rings is 1. The SMILES string of the molecule is C#CC1CC(=O)N(c2cc(Br)cc(F)c2O)C1. The van der Waals surface area contributed by atoms with E-state index in [1.807, 2.05) is 0 Å². The predicted molar refractivity (Wildman–Crippen MR) is 65.1 cm³/mol. The van der Waals surface area contributed by atoms with Crippen molar-refractivity contribution in [1.29, 1.82) is 0 Å². The molecule has 0 bridgehead atoms. The Hall–Kier alpha value is -1.54. The Labute approximate surface area is 106 Å². The van der Waals surface area contributed by atoms with Crippen molar-refractivity contribution >= 4 is 27.5 Å². The molecule has 1 saturated heterocycles. The molecule has 1 amide bonds. The fourth-order valence-electron chi connectivity index (χ4n) is 1.81. The highest BCUT2D eigenvalue weighted by Gasteiger charge is 2.31. The maximum Gasteiger partial charge on any atom is 0.228 e. The van der Waals surface area contributed by atoms with Crippen molar-refractivity contribution in [2.75, 3.05) is 11.4 Å². The summed E-state index contributed by atoms with van der Waals surface area (Å²) in [7, 11) is 0. The van der Waals surface area contributed by atoms with Crippen molar-refractivity contribution in [3.8, 4) is 18.1 Å². The summed E-state index contributed by atoms with van der Waals surface area (Å²) in [4.78, 5) is 13.0. The number of aromatic hydroxyl groups is 1. The van der Waals surface area contributed by atoms with Crippen LogP contribution >= 0.6 is 15.9 Å². The fraction of sp³-hybridized carbons (Fsp3) is 0.250. The van der Waals surface area contributed by atoms with Gasteiger partial charge in [0.15, 0.2) is 11.6 Å². The number of halogens is 2. The molecule has 1 unspecified atom stereocenters. The van der Waals surface area contributed by atoms with Crippen LogP contribution < -0.4 is 4.90 Å². The molecule has 1 fully saturated rings. The van der Waals surface area contributed by atoms with Crippen molar-refractivity contribution in [1.82, 2.24) is 0 Å². The van der Waals surface area contributed by atoms with Crippen molar-refractivity contribution in [3.05, 3.63) is 22.4 Å². The van der Waals surface area contributed by atoms with Crippen molar-refractivity contribution in [2.24, 2.45) is 5.92 Å². The average Bonchev–Trinajstić information content (AvgIpc) is 2.65. The van der Waals surface area contributed by atoms with Gasteiger partial charge in [-0.15, -0.1) is 12.3 Å². The van der Waals surface area contributed by atoms with Crippen LogP contribution in [0, 0.1) is 24.1 Å². The minimum absolute atomic E-state index is 0.152. The lowest BCUT2D eigenvalue weighted by Crippen LogP contribution is -2.24. The summed E-state index contributed by atoms with van der Waals surface area (Å²) >= 11 is 3.12. The van der Waals surface area contributed by atoms with E-state index in [1.165, 1.54) is 11.0 Å². The normalized spacial score (nSPS) is 19.5. The lowest BCUT2D eigenvalue weighted by Gasteiger charge is -2.18. The monoisotopic (exact) mass is 297 g/mol. The number of phenols is 1. The number of carbonyl (C=O) groups excluding carboxylic acids is 1. The van der Waals surface area contributed by atoms with E-state index in [2.05, 4.69) is 21.9 Å². The quantitative estimate of drug-likeness (QED) is 0.808. The molecule has 0 radical (unpaired) electrons. The Morgan fingerprint density at radius 2 is 2.29 bits per heavy atom. The maximum atomic E-state index is 13.3. The Bertz CT molecular complexity index is 524. The smallest absolute Gasteiger partial charge is 0.228 e. The summed E-state index contributed by atoms with van der Waals surface area (Å²) in [6.45, 7) is 0.304. The van der Waals surface area contributed by atoms with Gasteiger partial charge in [0.25, 0.3) is 0 Å². The van der Waals surface area contributed by atoms with Crippen LogP contribution in [-0.4, -0.2) is 17.6 Å². The molecule has 17 heavy (non-hydrogen) atoms. The summed E-state index contributed by atoms with van der Waals surface area (Å²) in [5.74, 6) is 0.794. The molecule has 1 aromatic rings. The molecule has 0 spiro atoms. The highest BCUT2D eigenvalue weighted by Crippen LogP contribution is 2.36. The molecule has 0 saturated carbocycles. The lowest BCUT2D eigenvalue weighted by molar-refractivity contribution is -0.117. The Balaban J connectivity index is 2.42. The van der Waals surface area contributed by atoms with E-state index in [9.17, 15) is 14.3 Å². The third-order valence-corrected chi connectivity index (χ3v) is 3.12. The second-order valence-electron chi connectivity index (χ2n) is 3.83. The average molecular weight is 298 g/mol. The minimum Gasteiger partial charge on any atom is -0.503 e. The number of anilines is 1. The van der Waals surface area contributed by atoms with Gasteiger partial charge in [0.1, 0.15) is 0 Å². The number of rotatable bonds is 1. The number of hydrogen-bond acceptors (Lipinski definition) is 2. The number of phenolic OH excluding ortho intramolecular Hbond substituents is 1. The van der Waals surface area contributed by atoms with E-state index in [0.717, 1.165) is 6.07 Å². The molecule has 1 N–H and O–H groups in total. The van der Waals surface area contributed by atoms with Crippen LogP contribution in [0.5, 0.6) is 5.75 Å². The molecule has 0 aromatic heterocycles. The van der Waals surface area contributed by atoms with E-state index >= 15 is 0 Å². The first-order valence-corrected chi connectivity index (χ1v) is 5.76. The number of carbonyl (C=O) groups is 1. The first kappa shape index (κ1) is 11.9. The molecule has 1 aliphatic rings. The third-order valence-electron chi connectivity index (χ3n) is 2.66. The van der Waals surface area contributed by atoms with Gasteiger partial charge in [0, 0.05) is 23.4 Å². The number of amides is 1. The number of hydrogen-bond donors (Lipinski definition) is 1. The predicted octanol–water partition coefficient (Wildman–Crippen LogP) is 2.28. The Kier molecular flexibility index (Phi) is 3.07. The third kappa shape index (κ3) is 2.13. The summed E-state index contributed by atoms with van der Waals surface area (Å²) < 4.78 is 13.8. The van der Waals surface area contributed by atoms with E-state index in [0.29, 0.717) is 11.0 Å². The molecule has 5 heteroatoms. The van der Waals surface area contributed by atoms with Gasteiger partial charge in [0.2, 0.25) is 5.91 Å². The largest absolute Gasteiger partial charge is 0.503 e. The fourth-order valence-corrected chi connectivity index (χ4v) is 2.23. The van der Waals surface area contributed by atoms with Gasteiger partial charge in [-0.2, -0.15) is 0 Å². The topological polar surface area (TPSA) is 40.5 Å². The lowest BCUT2D eigenvalue weighted by atomic mass is 10.1. The summed E-state index contributed by atoms with van der Waals surface area (Å²) in [6.07, 6.45) is 5.49. The second kappa shape index (κ2) is 4.38. The summed E-state index contributed by atoms with van der Waals surface area (Å²) in [5, 5.41) is 9.62. The zero-order valence-electron chi connectivity index (χ0n) is 8.78. The molecule has 88 valence electrons. The van der Waals surface area contributed by atoms with E-state index in [1.54, 1.807) is 0 Å². The zero-order valence-corrected chi connectivity index (χ0v) is 10.4. The maximum absolute atomic E-state index is 13.3. The molecule has 0 aliphatic carbocycles. The molecule has 1 aromatic carbocycles. The number of terminal acetylenes is 1. The van der Waals surface area contributed by atoms with Crippen LogP contribution in [0.25, 0.3) is 0 Å². The Morgan fingerprint density at radius 3 is 2.88 bits per heavy atom. The standard InChI is InChI=1S/C12H9BrFNO2/c1-2-7-3-11(16)15(6-7)10-5-8(13)4-9(14)12(10)17/h1,4-5,7,17H,3,6H2. The molecule has 1 atom stereocenters. The molecule has 2 rings (SSSR count). The van der Waals surface area contributed by atoms with Gasteiger partial charge in [-0.25, -0.2) is 4.39 Å². The van der Waals surface area contributed by atoms with Crippen molar-refractivity contribution in [3.63, 3.8) is 0 Å². The van der Waals surface area contributed by atoms with Crippen LogP contribution in [0.15, 0.2) is 16.6 Å². The Morgan fingerprint density at radius 1 is 1.59 bits per heavy atom. The van der Waals surface area contributed by atoms with Crippen LogP contribution in [0.3, 0.4) is 0 Å². The van der Waals surface area contributed by atoms with Crippen LogP contribution in [0.2, 0.25) is 0 Å². The van der Waals surface area contributed by atoms with E-state index < -0.39 is 11.6 Å².